The highest BCUT2D eigenvalue weighted by atomic mass is 16.5. The lowest BCUT2D eigenvalue weighted by atomic mass is 9.99. The summed E-state index contributed by atoms with van der Waals surface area (Å²) >= 11 is 0. The van der Waals surface area contributed by atoms with Gasteiger partial charge in [0, 0.05) is 19.4 Å². The third-order valence-corrected chi connectivity index (χ3v) is 11.0. The number of aliphatic hydroxyl groups excluding tert-OH is 1. The first-order chi connectivity index (χ1) is 26.0. The fourth-order valence-electron chi connectivity index (χ4n) is 7.43. The van der Waals surface area contributed by atoms with Crippen LogP contribution in [0.1, 0.15) is 246 Å². The van der Waals surface area contributed by atoms with Gasteiger partial charge in [-0.15, -0.1) is 0 Å². The van der Waals surface area contributed by atoms with Crippen LogP contribution in [0.3, 0.4) is 0 Å². The van der Waals surface area contributed by atoms with Crippen molar-refractivity contribution in [3.8, 4) is 0 Å². The number of esters is 2. The summed E-state index contributed by atoms with van der Waals surface area (Å²) in [5.74, 6) is 0.374. The normalized spacial score (nSPS) is 12.2. The number of aliphatic hydroxyl groups is 1. The first-order valence-electron chi connectivity index (χ1n) is 23.6. The van der Waals surface area contributed by atoms with Crippen molar-refractivity contribution in [1.29, 1.82) is 0 Å². The molecule has 6 heteroatoms. The highest BCUT2D eigenvalue weighted by Crippen LogP contribution is 2.20. The Bertz CT molecular complexity index is 745. The van der Waals surface area contributed by atoms with Crippen LogP contribution in [-0.4, -0.2) is 60.9 Å². The van der Waals surface area contributed by atoms with Gasteiger partial charge >= 0.3 is 11.9 Å². The van der Waals surface area contributed by atoms with Crippen LogP contribution in [0.25, 0.3) is 0 Å². The molecule has 6 nitrogen and oxygen atoms in total. The molecule has 0 aromatic heterocycles. The molecular formula is C47H93NO5. The third kappa shape index (κ3) is 38.9. The quantitative estimate of drug-likeness (QED) is 0.0494. The number of unbranched alkanes of at least 4 members (excludes halogenated alkanes) is 23. The summed E-state index contributed by atoms with van der Waals surface area (Å²) in [6, 6.07) is 0. The van der Waals surface area contributed by atoms with Crippen molar-refractivity contribution in [3.05, 3.63) is 0 Å². The van der Waals surface area contributed by atoms with E-state index in [1.165, 1.54) is 154 Å². The molecule has 0 aliphatic carbocycles. The zero-order chi connectivity index (χ0) is 38.9. The molecule has 1 N–H and O–H groups in total. The van der Waals surface area contributed by atoms with Gasteiger partial charge in [-0.05, 0) is 89.8 Å². The molecule has 0 radical (unpaired) electrons. The van der Waals surface area contributed by atoms with E-state index in [0.717, 1.165) is 71.0 Å². The summed E-state index contributed by atoms with van der Waals surface area (Å²) in [5, 5.41) is 9.30. The van der Waals surface area contributed by atoms with Crippen LogP contribution in [0.4, 0.5) is 0 Å². The number of nitrogens with zero attached hydrogens (tertiary/aromatic N) is 1. The molecule has 0 rings (SSSR count). The second kappa shape index (κ2) is 42.0. The van der Waals surface area contributed by atoms with Gasteiger partial charge in [-0.3, -0.25) is 9.59 Å². The predicted molar refractivity (Wildman–Crippen MR) is 228 cm³/mol. The first-order valence-corrected chi connectivity index (χ1v) is 23.6. The van der Waals surface area contributed by atoms with E-state index >= 15 is 0 Å². The Balaban J connectivity index is 4.21. The lowest BCUT2D eigenvalue weighted by Crippen LogP contribution is -2.27. The molecule has 316 valence electrons. The molecule has 0 aromatic carbocycles. The third-order valence-electron chi connectivity index (χ3n) is 11.0. The van der Waals surface area contributed by atoms with Crippen LogP contribution in [0.15, 0.2) is 0 Å². The van der Waals surface area contributed by atoms with Crippen molar-refractivity contribution in [1.82, 2.24) is 4.90 Å². The lowest BCUT2D eigenvalue weighted by Gasteiger charge is -2.22. The van der Waals surface area contributed by atoms with E-state index in [4.69, 9.17) is 9.47 Å². The second-order valence-corrected chi connectivity index (χ2v) is 16.5. The van der Waals surface area contributed by atoms with Crippen LogP contribution in [0, 0.1) is 5.92 Å². The largest absolute Gasteiger partial charge is 0.466 e. The van der Waals surface area contributed by atoms with Gasteiger partial charge in [0.2, 0.25) is 0 Å². The zero-order valence-electron chi connectivity index (χ0n) is 36.3. The maximum Gasteiger partial charge on any atom is 0.306 e. The molecule has 0 spiro atoms. The molecule has 0 aliphatic rings. The van der Waals surface area contributed by atoms with Gasteiger partial charge < -0.3 is 19.5 Å². The predicted octanol–water partition coefficient (Wildman–Crippen LogP) is 13.7. The molecule has 0 amide bonds. The van der Waals surface area contributed by atoms with Crippen molar-refractivity contribution >= 4 is 11.9 Å². The van der Waals surface area contributed by atoms with Crippen molar-refractivity contribution in [2.75, 3.05) is 32.8 Å². The molecule has 0 saturated carbocycles. The average Bonchev–Trinajstić information content (AvgIpc) is 3.14. The molecule has 0 heterocycles. The molecule has 0 aliphatic heterocycles. The minimum absolute atomic E-state index is 0.0215. The van der Waals surface area contributed by atoms with Crippen molar-refractivity contribution in [2.45, 2.75) is 252 Å². The Morgan fingerprint density at radius 1 is 0.491 bits per heavy atom. The Kier molecular flexibility index (Phi) is 41.1. The molecule has 0 fully saturated rings. The minimum atomic E-state index is -0.0217. The first kappa shape index (κ1) is 51.9. The Hall–Kier alpha value is -1.14. The number of rotatable bonds is 43. The van der Waals surface area contributed by atoms with Crippen molar-refractivity contribution in [2.24, 2.45) is 5.92 Å². The van der Waals surface area contributed by atoms with Gasteiger partial charge in [0.15, 0.2) is 0 Å². The minimum Gasteiger partial charge on any atom is -0.466 e. The smallest absolute Gasteiger partial charge is 0.306 e. The highest BCUT2D eigenvalue weighted by Gasteiger charge is 2.17. The second-order valence-electron chi connectivity index (χ2n) is 16.5. The number of carbonyl (C=O) groups excluding carboxylic acids is 2. The monoisotopic (exact) mass is 752 g/mol. The van der Waals surface area contributed by atoms with E-state index in [9.17, 15) is 14.7 Å². The van der Waals surface area contributed by atoms with E-state index < -0.39 is 0 Å². The fourth-order valence-corrected chi connectivity index (χ4v) is 7.43. The van der Waals surface area contributed by atoms with Gasteiger partial charge in [-0.25, -0.2) is 0 Å². The number of carbonyl (C=O) groups is 2. The number of ether oxygens (including phenoxy) is 2. The topological polar surface area (TPSA) is 76.1 Å². The number of hydrogen-bond acceptors (Lipinski definition) is 6. The SMILES string of the molecule is CCCCCCCCCOC(=O)CCCCCCCN(CCCCO)CCCCCC(C)CC(=O)OC(CCCCCCCC)CCCCCCCC. The number of hydrogen-bond donors (Lipinski definition) is 1. The van der Waals surface area contributed by atoms with Gasteiger partial charge in [0.1, 0.15) is 6.10 Å². The van der Waals surface area contributed by atoms with Crippen LogP contribution in [-0.2, 0) is 19.1 Å². The molecule has 0 saturated heterocycles. The van der Waals surface area contributed by atoms with E-state index in [-0.39, 0.29) is 24.6 Å². The van der Waals surface area contributed by atoms with Gasteiger partial charge in [-0.1, -0.05) is 169 Å². The molecule has 53 heavy (non-hydrogen) atoms. The standard InChI is InChI=1S/C47H93NO5/c1-5-8-11-14-17-23-33-42-52-46(50)37-28-21-18-22-29-38-48(40-31-32-41-49)39-30-24-25-34-44(4)43-47(51)53-45(35-26-19-15-12-9-6-2)36-27-20-16-13-10-7-3/h44-45,49H,5-43H2,1-4H3. The van der Waals surface area contributed by atoms with Crippen LogP contribution >= 0.6 is 0 Å². The van der Waals surface area contributed by atoms with Gasteiger partial charge in [0.25, 0.3) is 0 Å². The van der Waals surface area contributed by atoms with Crippen molar-refractivity contribution < 1.29 is 24.2 Å². The molecule has 0 aromatic rings. The van der Waals surface area contributed by atoms with E-state index in [0.29, 0.717) is 25.4 Å². The van der Waals surface area contributed by atoms with E-state index in [1.54, 1.807) is 0 Å². The van der Waals surface area contributed by atoms with Crippen molar-refractivity contribution in [3.63, 3.8) is 0 Å². The summed E-state index contributed by atoms with van der Waals surface area (Å²) in [5.41, 5.74) is 0. The highest BCUT2D eigenvalue weighted by molar-refractivity contribution is 5.70. The van der Waals surface area contributed by atoms with Gasteiger partial charge in [-0.2, -0.15) is 0 Å². The van der Waals surface area contributed by atoms with E-state index in [2.05, 4.69) is 32.6 Å². The van der Waals surface area contributed by atoms with E-state index in [1.807, 2.05) is 0 Å². The zero-order valence-corrected chi connectivity index (χ0v) is 36.3. The molecule has 1 atom stereocenters. The van der Waals surface area contributed by atoms with Crippen LogP contribution < -0.4 is 0 Å². The maximum atomic E-state index is 13.0. The summed E-state index contributed by atoms with van der Waals surface area (Å²) < 4.78 is 11.5. The summed E-state index contributed by atoms with van der Waals surface area (Å²) in [4.78, 5) is 27.6. The summed E-state index contributed by atoms with van der Waals surface area (Å²) in [6.07, 6.45) is 39.5. The molecular weight excluding hydrogens is 659 g/mol. The van der Waals surface area contributed by atoms with Crippen LogP contribution in [0.2, 0.25) is 0 Å². The lowest BCUT2D eigenvalue weighted by molar-refractivity contribution is -0.151. The Morgan fingerprint density at radius 3 is 1.43 bits per heavy atom. The fraction of sp³-hybridized carbons (Fsp3) is 0.957. The summed E-state index contributed by atoms with van der Waals surface area (Å²) in [7, 11) is 0. The molecule has 1 unspecified atom stereocenters. The van der Waals surface area contributed by atoms with Gasteiger partial charge in [0.05, 0.1) is 6.61 Å². The Labute approximate surface area is 331 Å². The summed E-state index contributed by atoms with van der Waals surface area (Å²) in [6.45, 7) is 13.2. The van der Waals surface area contributed by atoms with Crippen LogP contribution in [0.5, 0.6) is 0 Å². The Morgan fingerprint density at radius 2 is 0.906 bits per heavy atom. The average molecular weight is 752 g/mol. The molecule has 0 bridgehead atoms. The maximum absolute atomic E-state index is 13.0.